The quantitative estimate of drug-likeness (QED) is 0.769. The summed E-state index contributed by atoms with van der Waals surface area (Å²) in [5.41, 5.74) is 2.81. The Bertz CT molecular complexity index is 888. The molecule has 0 radical (unpaired) electrons. The van der Waals surface area contributed by atoms with E-state index in [2.05, 4.69) is 20.4 Å². The van der Waals surface area contributed by atoms with Crippen molar-refractivity contribution in [2.45, 2.75) is 20.8 Å². The first kappa shape index (κ1) is 16.6. The van der Waals surface area contributed by atoms with Gasteiger partial charge in [-0.2, -0.15) is 4.98 Å². The summed E-state index contributed by atoms with van der Waals surface area (Å²) in [5, 5.41) is 6.29. The lowest BCUT2D eigenvalue weighted by Gasteiger charge is -2.08. The Morgan fingerprint density at radius 2 is 1.88 bits per heavy atom. The first-order valence-corrected chi connectivity index (χ1v) is 7.78. The van der Waals surface area contributed by atoms with Gasteiger partial charge in [0, 0.05) is 23.4 Å². The molecule has 3 aromatic rings. The van der Waals surface area contributed by atoms with Crippen LogP contribution < -0.4 is 10.1 Å². The van der Waals surface area contributed by atoms with E-state index in [1.807, 2.05) is 38.1 Å². The zero-order valence-corrected chi connectivity index (χ0v) is 14.2. The third-order valence-corrected chi connectivity index (χ3v) is 3.39. The van der Waals surface area contributed by atoms with Crippen molar-refractivity contribution in [3.8, 4) is 17.3 Å². The molecule has 0 aliphatic rings. The topological polar surface area (TPSA) is 90.1 Å². The number of benzene rings is 1. The number of carbonyl (C=O) groups is 1. The second kappa shape index (κ2) is 7.12. The van der Waals surface area contributed by atoms with Gasteiger partial charge in [0.05, 0.1) is 0 Å². The van der Waals surface area contributed by atoms with Crippen LogP contribution >= 0.6 is 0 Å². The first-order valence-electron chi connectivity index (χ1n) is 7.78. The molecule has 0 saturated carbocycles. The van der Waals surface area contributed by atoms with Gasteiger partial charge in [-0.25, -0.2) is 4.98 Å². The normalized spacial score (nSPS) is 10.5. The van der Waals surface area contributed by atoms with E-state index in [9.17, 15) is 4.79 Å². The molecule has 0 aliphatic heterocycles. The molecule has 1 N–H and O–H groups in total. The second-order valence-electron chi connectivity index (χ2n) is 5.70. The molecule has 1 aromatic carbocycles. The third-order valence-electron chi connectivity index (χ3n) is 3.39. The van der Waals surface area contributed by atoms with Crippen LogP contribution in [0.3, 0.4) is 0 Å². The molecular weight excluding hydrogens is 320 g/mol. The van der Waals surface area contributed by atoms with E-state index in [0.717, 1.165) is 16.8 Å². The lowest BCUT2D eigenvalue weighted by molar-refractivity contribution is -0.118. The van der Waals surface area contributed by atoms with Gasteiger partial charge in [0.25, 0.3) is 5.91 Å². The Balaban J connectivity index is 1.68. The summed E-state index contributed by atoms with van der Waals surface area (Å²) in [7, 11) is 0. The van der Waals surface area contributed by atoms with Crippen LogP contribution in [0.25, 0.3) is 11.4 Å². The number of aryl methyl sites for hydroxylation is 3. The van der Waals surface area contributed by atoms with Gasteiger partial charge in [0.15, 0.2) is 18.2 Å². The molecule has 0 spiro atoms. The number of anilines is 1. The molecule has 128 valence electrons. The summed E-state index contributed by atoms with van der Waals surface area (Å²) in [4.78, 5) is 20.7. The number of hydrogen-bond donors (Lipinski definition) is 1. The largest absolute Gasteiger partial charge is 0.467 e. The maximum absolute atomic E-state index is 11.9. The van der Waals surface area contributed by atoms with E-state index >= 15 is 0 Å². The number of nitrogens with zero attached hydrogens (tertiary/aromatic N) is 3. The molecule has 0 saturated heterocycles. The van der Waals surface area contributed by atoms with Gasteiger partial charge in [-0.05, 0) is 20.8 Å². The average Bonchev–Trinajstić information content (AvgIpc) is 2.98. The minimum Gasteiger partial charge on any atom is -0.467 e. The molecular formula is C18H18N4O3. The van der Waals surface area contributed by atoms with Crippen molar-refractivity contribution >= 4 is 11.7 Å². The Morgan fingerprint density at radius 3 is 2.56 bits per heavy atom. The molecule has 25 heavy (non-hydrogen) atoms. The fourth-order valence-electron chi connectivity index (χ4n) is 2.19. The van der Waals surface area contributed by atoms with Gasteiger partial charge in [-0.3, -0.25) is 4.79 Å². The van der Waals surface area contributed by atoms with E-state index in [1.165, 1.54) is 0 Å². The molecule has 0 atom stereocenters. The Labute approximate surface area is 145 Å². The summed E-state index contributed by atoms with van der Waals surface area (Å²) in [6.07, 6.45) is 0. The van der Waals surface area contributed by atoms with Crippen LogP contribution in [0.15, 0.2) is 40.9 Å². The maximum Gasteiger partial charge on any atom is 0.263 e. The molecule has 3 rings (SSSR count). The minimum absolute atomic E-state index is 0.185. The van der Waals surface area contributed by atoms with Crippen LogP contribution in [-0.4, -0.2) is 27.6 Å². The predicted octanol–water partition coefficient (Wildman–Crippen LogP) is 3.07. The number of rotatable bonds is 5. The van der Waals surface area contributed by atoms with Gasteiger partial charge < -0.3 is 14.6 Å². The van der Waals surface area contributed by atoms with Crippen molar-refractivity contribution in [2.75, 3.05) is 11.9 Å². The van der Waals surface area contributed by atoms with Crippen LogP contribution in [-0.2, 0) is 4.79 Å². The van der Waals surface area contributed by atoms with Gasteiger partial charge in [0.1, 0.15) is 5.76 Å². The molecule has 0 fully saturated rings. The van der Waals surface area contributed by atoms with E-state index < -0.39 is 0 Å². The predicted molar refractivity (Wildman–Crippen MR) is 92.3 cm³/mol. The van der Waals surface area contributed by atoms with Crippen molar-refractivity contribution in [1.82, 2.24) is 15.1 Å². The maximum atomic E-state index is 11.9. The van der Waals surface area contributed by atoms with Gasteiger partial charge >= 0.3 is 0 Å². The van der Waals surface area contributed by atoms with Gasteiger partial charge in [0.2, 0.25) is 5.88 Å². The van der Waals surface area contributed by atoms with E-state index in [1.54, 1.807) is 19.1 Å². The standard InChI is InChI=1S/C18H18N4O3/c1-11-4-6-14(7-5-11)18-19-12(2)8-17(21-18)24-10-16(23)20-15-9-13(3)25-22-15/h4-9H,10H2,1-3H3,(H,20,22,23). The van der Waals surface area contributed by atoms with Crippen molar-refractivity contribution < 1.29 is 14.1 Å². The molecule has 1 amide bonds. The van der Waals surface area contributed by atoms with Crippen molar-refractivity contribution in [1.29, 1.82) is 0 Å². The number of ether oxygens (including phenoxy) is 1. The number of amides is 1. The van der Waals surface area contributed by atoms with E-state index in [0.29, 0.717) is 23.3 Å². The number of hydrogen-bond acceptors (Lipinski definition) is 6. The molecule has 0 bridgehead atoms. The van der Waals surface area contributed by atoms with Crippen LogP contribution in [0.4, 0.5) is 5.82 Å². The molecule has 2 aromatic heterocycles. The molecule has 0 unspecified atom stereocenters. The Kier molecular flexibility index (Phi) is 4.74. The first-order chi connectivity index (χ1) is 12.0. The Hall–Kier alpha value is -3.22. The molecule has 0 aliphatic carbocycles. The van der Waals surface area contributed by atoms with Crippen molar-refractivity contribution in [3.05, 3.63) is 53.4 Å². The minimum atomic E-state index is -0.346. The van der Waals surface area contributed by atoms with Gasteiger partial charge in [-0.1, -0.05) is 35.0 Å². The van der Waals surface area contributed by atoms with Crippen LogP contribution in [0.2, 0.25) is 0 Å². The summed E-state index contributed by atoms with van der Waals surface area (Å²) < 4.78 is 10.4. The molecule has 7 nitrogen and oxygen atoms in total. The summed E-state index contributed by atoms with van der Waals surface area (Å²) in [6.45, 7) is 5.43. The highest BCUT2D eigenvalue weighted by Crippen LogP contribution is 2.19. The SMILES string of the molecule is Cc1ccc(-c2nc(C)cc(OCC(=O)Nc3cc(C)on3)n2)cc1. The highest BCUT2D eigenvalue weighted by Gasteiger charge is 2.10. The molecule has 2 heterocycles. The average molecular weight is 338 g/mol. The van der Waals surface area contributed by atoms with Crippen LogP contribution in [0, 0.1) is 20.8 Å². The highest BCUT2D eigenvalue weighted by atomic mass is 16.5. The van der Waals surface area contributed by atoms with E-state index in [-0.39, 0.29) is 12.5 Å². The lowest BCUT2D eigenvalue weighted by atomic mass is 10.1. The van der Waals surface area contributed by atoms with Crippen LogP contribution in [0.5, 0.6) is 5.88 Å². The van der Waals surface area contributed by atoms with E-state index in [4.69, 9.17) is 9.26 Å². The zero-order valence-electron chi connectivity index (χ0n) is 14.2. The third kappa shape index (κ3) is 4.41. The second-order valence-corrected chi connectivity index (χ2v) is 5.70. The Morgan fingerprint density at radius 1 is 1.12 bits per heavy atom. The summed E-state index contributed by atoms with van der Waals surface area (Å²) >= 11 is 0. The lowest BCUT2D eigenvalue weighted by Crippen LogP contribution is -2.20. The number of nitrogens with one attached hydrogen (secondary N) is 1. The number of aromatic nitrogens is 3. The monoisotopic (exact) mass is 338 g/mol. The van der Waals surface area contributed by atoms with Crippen molar-refractivity contribution in [3.63, 3.8) is 0 Å². The van der Waals surface area contributed by atoms with Crippen molar-refractivity contribution in [2.24, 2.45) is 0 Å². The summed E-state index contributed by atoms with van der Waals surface area (Å²) in [5.74, 6) is 1.52. The fourth-order valence-corrected chi connectivity index (χ4v) is 2.19. The van der Waals surface area contributed by atoms with Gasteiger partial charge in [-0.15, -0.1) is 0 Å². The summed E-state index contributed by atoms with van der Waals surface area (Å²) in [6, 6.07) is 11.2. The molecule has 7 heteroatoms. The van der Waals surface area contributed by atoms with Crippen LogP contribution in [0.1, 0.15) is 17.0 Å². The smallest absolute Gasteiger partial charge is 0.263 e. The zero-order chi connectivity index (χ0) is 17.8. The highest BCUT2D eigenvalue weighted by molar-refractivity contribution is 5.90. The fraction of sp³-hybridized carbons (Fsp3) is 0.222. The number of carbonyl (C=O) groups excluding carboxylic acids is 1.